The molecule has 4 aromatic rings. The predicted molar refractivity (Wildman–Crippen MR) is 147 cm³/mol. The number of likely N-dealkylation sites (N-methyl/N-ethyl adjacent to an activating group) is 1. The van der Waals surface area contributed by atoms with Crippen molar-refractivity contribution in [1.82, 2.24) is 15.0 Å². The van der Waals surface area contributed by atoms with Crippen LogP contribution >= 0.6 is 0 Å². The lowest BCUT2D eigenvalue weighted by Gasteiger charge is -2.21. The fourth-order valence-corrected chi connectivity index (χ4v) is 5.07. The molecule has 12 heteroatoms. The molecule has 40 heavy (non-hydrogen) atoms. The second-order valence-electron chi connectivity index (χ2n) is 9.56. The van der Waals surface area contributed by atoms with Gasteiger partial charge in [0, 0.05) is 18.4 Å². The zero-order valence-corrected chi connectivity index (χ0v) is 24.0. The lowest BCUT2D eigenvalue weighted by molar-refractivity contribution is -0.870. The highest BCUT2D eigenvalue weighted by Crippen LogP contribution is 2.33. The van der Waals surface area contributed by atoms with Crippen molar-refractivity contribution < 1.29 is 37.3 Å². The van der Waals surface area contributed by atoms with Gasteiger partial charge >= 0.3 is 0 Å². The molecule has 0 atom stereocenters. The summed E-state index contributed by atoms with van der Waals surface area (Å²) in [5, 5.41) is 27.4. The van der Waals surface area contributed by atoms with Crippen LogP contribution in [0.1, 0.15) is 0 Å². The van der Waals surface area contributed by atoms with Crippen molar-refractivity contribution in [3.05, 3.63) is 72.9 Å². The number of ether oxygens (including phenoxy) is 3. The Morgan fingerprint density at radius 3 is 2.20 bits per heavy atom. The summed E-state index contributed by atoms with van der Waals surface area (Å²) in [5.41, 5.74) is 1.35. The second-order valence-corrected chi connectivity index (χ2v) is 11.5. The van der Waals surface area contributed by atoms with Crippen LogP contribution in [-0.2, 0) is 9.84 Å². The van der Waals surface area contributed by atoms with Crippen molar-refractivity contribution >= 4 is 9.84 Å². The van der Waals surface area contributed by atoms with E-state index in [2.05, 4.69) is 31.5 Å². The fraction of sp³-hybridized carbons (Fsp3) is 0.286. The summed E-state index contributed by atoms with van der Waals surface area (Å²) >= 11 is 0. The van der Waals surface area contributed by atoms with Crippen LogP contribution in [0.4, 0.5) is 0 Å². The van der Waals surface area contributed by atoms with Gasteiger partial charge in [0.05, 0.1) is 58.0 Å². The highest BCUT2D eigenvalue weighted by atomic mass is 32.2. The summed E-state index contributed by atoms with van der Waals surface area (Å²) in [4.78, 5) is 0.141. The van der Waals surface area contributed by atoms with Gasteiger partial charge in [0.1, 0.15) is 35.2 Å². The average Bonchev–Trinajstić information content (AvgIpc) is 3.43. The standard InChI is InChI=1S/C23H20N3O6S.C5H14NO/c1-30-17-9-12-22(31-2)21(13-17)26-14-20(24-25-26)19-5-3-4-6-23(19)33(28,29)18-10-7-16(8-11-18)32-15-27;1-6(2,3)4-5-7/h3-14H,15H2,1-2H3;7H,4-5H2,1-3H3/q-1;+1. The molecule has 214 valence electrons. The monoisotopic (exact) mass is 570 g/mol. The minimum Gasteiger partial charge on any atom is -0.824 e. The molecule has 0 saturated carbocycles. The minimum atomic E-state index is -3.88. The average molecular weight is 571 g/mol. The number of aliphatic hydroxyl groups is 1. The van der Waals surface area contributed by atoms with Crippen LogP contribution < -0.4 is 19.3 Å². The lowest BCUT2D eigenvalue weighted by atomic mass is 10.2. The number of rotatable bonds is 10. The largest absolute Gasteiger partial charge is 0.824 e. The molecule has 0 radical (unpaired) electrons. The number of nitrogens with zero attached hydrogens (tertiary/aromatic N) is 4. The molecular formula is C28H34N4O7S. The van der Waals surface area contributed by atoms with E-state index in [9.17, 15) is 13.5 Å². The van der Waals surface area contributed by atoms with Gasteiger partial charge in [0.15, 0.2) is 0 Å². The Balaban J connectivity index is 0.000000559. The van der Waals surface area contributed by atoms with Crippen molar-refractivity contribution in [2.75, 3.05) is 55.3 Å². The lowest BCUT2D eigenvalue weighted by Crippen LogP contribution is -2.36. The summed E-state index contributed by atoms with van der Waals surface area (Å²) in [5.74, 6) is 1.45. The van der Waals surface area contributed by atoms with E-state index < -0.39 is 16.6 Å². The first-order valence-electron chi connectivity index (χ1n) is 12.3. The fourth-order valence-electron chi connectivity index (χ4n) is 3.60. The third kappa shape index (κ3) is 7.57. The topological polar surface area (TPSA) is 136 Å². The highest BCUT2D eigenvalue weighted by Gasteiger charge is 2.23. The Morgan fingerprint density at radius 1 is 0.950 bits per heavy atom. The molecular weight excluding hydrogens is 536 g/mol. The van der Waals surface area contributed by atoms with Gasteiger partial charge in [-0.15, -0.1) is 5.10 Å². The first-order chi connectivity index (χ1) is 19.0. The first kappa shape index (κ1) is 30.6. The van der Waals surface area contributed by atoms with Crippen molar-refractivity contribution in [1.29, 1.82) is 0 Å². The maximum absolute atomic E-state index is 13.4. The maximum Gasteiger partial charge on any atom is 0.207 e. The van der Waals surface area contributed by atoms with E-state index >= 15 is 0 Å². The van der Waals surface area contributed by atoms with Crippen LogP contribution in [0.25, 0.3) is 16.9 Å². The number of aliphatic hydroxyl groups excluding tert-OH is 1. The van der Waals surface area contributed by atoms with Gasteiger partial charge in [-0.25, -0.2) is 13.1 Å². The van der Waals surface area contributed by atoms with Crippen molar-refractivity contribution in [3.63, 3.8) is 0 Å². The molecule has 4 rings (SSSR count). The van der Waals surface area contributed by atoms with Gasteiger partial charge in [-0.3, -0.25) is 0 Å². The molecule has 0 saturated heterocycles. The van der Waals surface area contributed by atoms with Crippen LogP contribution in [0.3, 0.4) is 0 Å². The molecule has 0 fully saturated rings. The molecule has 1 N–H and O–H groups in total. The first-order valence-corrected chi connectivity index (χ1v) is 13.7. The van der Waals surface area contributed by atoms with E-state index in [1.807, 2.05) is 0 Å². The van der Waals surface area contributed by atoms with Gasteiger partial charge < -0.3 is 28.9 Å². The third-order valence-electron chi connectivity index (χ3n) is 5.71. The smallest absolute Gasteiger partial charge is 0.207 e. The zero-order valence-electron chi connectivity index (χ0n) is 23.1. The summed E-state index contributed by atoms with van der Waals surface area (Å²) in [6, 6.07) is 17.5. The number of hydrogen-bond acceptors (Lipinski definition) is 9. The quantitative estimate of drug-likeness (QED) is 0.225. The number of quaternary nitrogens is 1. The molecule has 1 aromatic heterocycles. The SMILES string of the molecule is COc1ccc(OC)c(-n2cc(-c3ccccc3S(=O)(=O)c3ccc(OC[O-])cc3)nn2)c1.C[N+](C)(C)CCO. The summed E-state index contributed by atoms with van der Waals surface area (Å²) in [7, 11) is 5.37. The Kier molecular flexibility index (Phi) is 10.2. The molecule has 0 amide bonds. The molecule has 0 aliphatic heterocycles. The van der Waals surface area contributed by atoms with Crippen molar-refractivity contribution in [2.45, 2.75) is 9.79 Å². The number of methoxy groups -OCH3 is 2. The van der Waals surface area contributed by atoms with Gasteiger partial charge in [0.25, 0.3) is 0 Å². The van der Waals surface area contributed by atoms with E-state index in [0.717, 1.165) is 11.0 Å². The van der Waals surface area contributed by atoms with Crippen LogP contribution in [0.2, 0.25) is 0 Å². The van der Waals surface area contributed by atoms with Gasteiger partial charge in [0.2, 0.25) is 9.84 Å². The summed E-state index contributed by atoms with van der Waals surface area (Å²) in [6.45, 7) is 0.367. The van der Waals surface area contributed by atoms with Gasteiger partial charge in [-0.05, 0) is 42.5 Å². The van der Waals surface area contributed by atoms with Crippen molar-refractivity contribution in [3.8, 4) is 34.2 Å². The van der Waals surface area contributed by atoms with Crippen molar-refractivity contribution in [2.24, 2.45) is 0 Å². The van der Waals surface area contributed by atoms with Crippen LogP contribution in [0.5, 0.6) is 17.2 Å². The molecule has 1 heterocycles. The number of benzene rings is 3. The molecule has 0 unspecified atom stereocenters. The molecule has 11 nitrogen and oxygen atoms in total. The number of hydrogen-bond donors (Lipinski definition) is 1. The second kappa shape index (κ2) is 13.4. The Labute approximate surface area is 234 Å². The van der Waals surface area contributed by atoms with E-state index in [0.29, 0.717) is 34.2 Å². The maximum atomic E-state index is 13.4. The van der Waals surface area contributed by atoms with Crippen LogP contribution in [0, 0.1) is 0 Å². The van der Waals surface area contributed by atoms with E-state index in [1.165, 1.54) is 35.0 Å². The molecule has 0 bridgehead atoms. The van der Waals surface area contributed by atoms with Crippen LogP contribution in [0.15, 0.2) is 82.7 Å². The Hall–Kier alpha value is -3.97. The van der Waals surface area contributed by atoms with E-state index in [-0.39, 0.29) is 16.4 Å². The summed E-state index contributed by atoms with van der Waals surface area (Å²) in [6.07, 6.45) is 1.62. The number of sulfone groups is 1. The summed E-state index contributed by atoms with van der Waals surface area (Å²) < 4.78 is 44.6. The van der Waals surface area contributed by atoms with Crippen LogP contribution in [-0.4, -0.2) is 88.3 Å². The minimum absolute atomic E-state index is 0.0649. The predicted octanol–water partition coefficient (Wildman–Crippen LogP) is 2.17. The van der Waals surface area contributed by atoms with E-state index in [1.54, 1.807) is 56.8 Å². The third-order valence-corrected chi connectivity index (χ3v) is 7.54. The highest BCUT2D eigenvalue weighted by molar-refractivity contribution is 7.91. The zero-order chi connectivity index (χ0) is 29.3. The Bertz CT molecular complexity index is 1500. The molecule has 0 aliphatic rings. The number of aromatic nitrogens is 3. The van der Waals surface area contributed by atoms with Gasteiger partial charge in [-0.1, -0.05) is 23.4 Å². The molecule has 0 spiro atoms. The Morgan fingerprint density at radius 2 is 1.62 bits per heavy atom. The normalized spacial score (nSPS) is 11.4. The van der Waals surface area contributed by atoms with E-state index in [4.69, 9.17) is 19.3 Å². The molecule has 0 aliphatic carbocycles. The molecule has 3 aromatic carbocycles. The van der Waals surface area contributed by atoms with Gasteiger partial charge in [-0.2, -0.15) is 0 Å².